The van der Waals surface area contributed by atoms with Gasteiger partial charge in [-0.15, -0.1) is 11.8 Å². The molecule has 1 aromatic heterocycles. The van der Waals surface area contributed by atoms with Crippen LogP contribution in [0.5, 0.6) is 0 Å². The van der Waals surface area contributed by atoms with Crippen molar-refractivity contribution in [3.63, 3.8) is 0 Å². The summed E-state index contributed by atoms with van der Waals surface area (Å²) < 4.78 is 0. The number of carbonyl (C=O) groups is 7. The van der Waals surface area contributed by atoms with Crippen molar-refractivity contribution in [1.82, 2.24) is 36.9 Å². The Bertz CT molecular complexity index is 1530. The minimum Gasteiger partial charge on any atom is -0.480 e. The van der Waals surface area contributed by atoms with Crippen molar-refractivity contribution >= 4 is 59.1 Å². The molecule has 2 rings (SSSR count). The second kappa shape index (κ2) is 25.1. The summed E-state index contributed by atoms with van der Waals surface area (Å²) >= 11 is 1.36. The lowest BCUT2D eigenvalue weighted by Gasteiger charge is -2.25. The lowest BCUT2D eigenvalue weighted by Crippen LogP contribution is -2.56. The van der Waals surface area contributed by atoms with Crippen molar-refractivity contribution < 1.29 is 38.7 Å². The number of carboxylic acids is 1. The Morgan fingerprint density at radius 2 is 1.48 bits per heavy atom. The fourth-order valence-electron chi connectivity index (χ4n) is 5.30. The molecule has 0 spiro atoms. The van der Waals surface area contributed by atoms with E-state index in [1.165, 1.54) is 30.1 Å². The Morgan fingerprint density at radius 3 is 2.09 bits per heavy atom. The third-order valence-electron chi connectivity index (χ3n) is 8.42. The Kier molecular flexibility index (Phi) is 21.1. The fourth-order valence-corrected chi connectivity index (χ4v) is 6.49. The standard InChI is InChI=1S/C33H56N14O8S/c34-10-3-1-6-20(29(52)45-21(8-5-12-41-33(38)39)30(53)46-22(32(54)55)7-2-4-11-35)44-25(48)16-43-28(51)24-17-56-31(47-24)23-14-18(9-13-40-23)27(50)42-15-19(36)26(37)49/h9,13-14,19-22,24,31,47H,1-8,10-12,15-17,34-36H2,(H2,37,49)(H,42,50)(H,43,51)(H,44,48)(H,45,52)(H,46,53)(H,54,55)(H4,38,39,41)/t19-,20+,21+,22+,24+,31+/m1/s1. The molecule has 0 radical (unpaired) electrons. The number of nitrogens with zero attached hydrogens (tertiary/aromatic N) is 2. The third-order valence-corrected chi connectivity index (χ3v) is 9.66. The number of aliphatic carboxylic acids is 1. The molecule has 0 aromatic carbocycles. The number of hydrogen-bond donors (Lipinski definition) is 13. The molecule has 19 N–H and O–H groups in total. The molecule has 2 heterocycles. The van der Waals surface area contributed by atoms with Gasteiger partial charge in [0.25, 0.3) is 5.91 Å². The van der Waals surface area contributed by atoms with Gasteiger partial charge in [0.05, 0.1) is 23.7 Å². The van der Waals surface area contributed by atoms with Crippen LogP contribution in [0.15, 0.2) is 23.3 Å². The minimum atomic E-state index is -1.24. The number of nitrogens with one attached hydrogen (secondary N) is 6. The van der Waals surface area contributed by atoms with Gasteiger partial charge in [-0.1, -0.05) is 0 Å². The number of aliphatic imine (C=N–C) groups is 1. The molecular weight excluding hydrogens is 753 g/mol. The van der Waals surface area contributed by atoms with Crippen LogP contribution in [0.1, 0.15) is 72.8 Å². The van der Waals surface area contributed by atoms with Gasteiger partial charge < -0.3 is 66.1 Å². The van der Waals surface area contributed by atoms with Crippen LogP contribution >= 0.6 is 11.8 Å². The number of rotatable bonds is 26. The van der Waals surface area contributed by atoms with Crippen LogP contribution in [0.2, 0.25) is 0 Å². The van der Waals surface area contributed by atoms with Gasteiger partial charge in [-0.25, -0.2) is 4.79 Å². The molecule has 0 bridgehead atoms. The molecule has 56 heavy (non-hydrogen) atoms. The largest absolute Gasteiger partial charge is 0.480 e. The van der Waals surface area contributed by atoms with E-state index in [4.69, 9.17) is 34.4 Å². The maximum atomic E-state index is 13.5. The molecule has 6 atom stereocenters. The lowest BCUT2D eigenvalue weighted by molar-refractivity contribution is -0.142. The summed E-state index contributed by atoms with van der Waals surface area (Å²) in [5.74, 6) is -4.95. The van der Waals surface area contributed by atoms with E-state index in [0.29, 0.717) is 50.2 Å². The zero-order valence-electron chi connectivity index (χ0n) is 31.2. The molecule has 312 valence electrons. The van der Waals surface area contributed by atoms with E-state index in [1.807, 2.05) is 0 Å². The quantitative estimate of drug-likeness (QED) is 0.0237. The van der Waals surface area contributed by atoms with E-state index in [0.717, 1.165) is 0 Å². The molecular formula is C33H56N14O8S. The first-order chi connectivity index (χ1) is 26.7. The van der Waals surface area contributed by atoms with Gasteiger partial charge in [0, 0.05) is 30.6 Å². The molecule has 23 heteroatoms. The number of primary amides is 1. The number of aromatic nitrogens is 1. The molecule has 1 aromatic rings. The molecule has 1 fully saturated rings. The van der Waals surface area contributed by atoms with Crippen LogP contribution in [0, 0.1) is 0 Å². The van der Waals surface area contributed by atoms with Crippen LogP contribution in [0.25, 0.3) is 0 Å². The Balaban J connectivity index is 2.04. The van der Waals surface area contributed by atoms with Gasteiger partial charge in [0.1, 0.15) is 24.2 Å². The predicted molar refractivity (Wildman–Crippen MR) is 208 cm³/mol. The molecule has 0 unspecified atom stereocenters. The van der Waals surface area contributed by atoms with Gasteiger partial charge in [0.2, 0.25) is 29.5 Å². The first kappa shape index (κ1) is 47.1. The second-order valence-electron chi connectivity index (χ2n) is 12.9. The van der Waals surface area contributed by atoms with Gasteiger partial charge in [0.15, 0.2) is 5.96 Å². The first-order valence-corrected chi connectivity index (χ1v) is 19.2. The van der Waals surface area contributed by atoms with Crippen molar-refractivity contribution in [3.8, 4) is 0 Å². The van der Waals surface area contributed by atoms with Crippen LogP contribution in [-0.4, -0.2) is 126 Å². The number of nitrogens with two attached hydrogens (primary N) is 6. The van der Waals surface area contributed by atoms with Crippen LogP contribution in [-0.2, 0) is 28.8 Å². The number of pyridine rings is 1. The first-order valence-electron chi connectivity index (χ1n) is 18.2. The number of guanidine groups is 1. The van der Waals surface area contributed by atoms with Crippen LogP contribution in [0.4, 0.5) is 0 Å². The van der Waals surface area contributed by atoms with Crippen molar-refractivity contribution in [2.45, 2.75) is 86.9 Å². The van der Waals surface area contributed by atoms with E-state index in [2.05, 4.69) is 41.9 Å². The molecule has 22 nitrogen and oxygen atoms in total. The second-order valence-corrected chi connectivity index (χ2v) is 14.1. The summed E-state index contributed by atoms with van der Waals surface area (Å²) in [4.78, 5) is 96.7. The van der Waals surface area contributed by atoms with E-state index < -0.39 is 83.5 Å². The number of hydrogen-bond acceptors (Lipinski definition) is 14. The van der Waals surface area contributed by atoms with Crippen LogP contribution in [0.3, 0.4) is 0 Å². The predicted octanol–water partition coefficient (Wildman–Crippen LogP) is -4.71. The average Bonchev–Trinajstić information content (AvgIpc) is 3.67. The minimum absolute atomic E-state index is 0.0507. The number of carboxylic acid groups (broad SMARTS) is 1. The Hall–Kier alpha value is -5.10. The van der Waals surface area contributed by atoms with Crippen LogP contribution < -0.4 is 66.3 Å². The van der Waals surface area contributed by atoms with Crippen molar-refractivity contribution in [1.29, 1.82) is 0 Å². The summed E-state index contributed by atoms with van der Waals surface area (Å²) in [6.07, 6.45) is 4.04. The normalized spacial score (nSPS) is 17.0. The topological polar surface area (TPSA) is 393 Å². The highest BCUT2D eigenvalue weighted by Crippen LogP contribution is 2.32. The molecule has 1 aliphatic heterocycles. The van der Waals surface area contributed by atoms with E-state index in [9.17, 15) is 38.7 Å². The van der Waals surface area contributed by atoms with E-state index in [-0.39, 0.29) is 50.3 Å². The summed E-state index contributed by atoms with van der Waals surface area (Å²) in [7, 11) is 0. The number of amides is 6. The maximum absolute atomic E-state index is 13.5. The highest BCUT2D eigenvalue weighted by atomic mass is 32.2. The molecule has 6 amide bonds. The lowest BCUT2D eigenvalue weighted by atomic mass is 10.0. The van der Waals surface area contributed by atoms with Gasteiger partial charge >= 0.3 is 5.97 Å². The molecule has 0 saturated carbocycles. The van der Waals surface area contributed by atoms with E-state index in [1.54, 1.807) is 0 Å². The molecule has 1 aliphatic rings. The zero-order chi connectivity index (χ0) is 41.6. The van der Waals surface area contributed by atoms with Crippen molar-refractivity contribution in [2.24, 2.45) is 39.4 Å². The average molecular weight is 809 g/mol. The van der Waals surface area contributed by atoms with Gasteiger partial charge in [-0.2, -0.15) is 0 Å². The maximum Gasteiger partial charge on any atom is 0.326 e. The number of carbonyl (C=O) groups excluding carboxylic acids is 6. The summed E-state index contributed by atoms with van der Waals surface area (Å²) in [5.41, 5.74) is 33.4. The smallest absolute Gasteiger partial charge is 0.326 e. The van der Waals surface area contributed by atoms with Crippen molar-refractivity contribution in [3.05, 3.63) is 29.6 Å². The highest BCUT2D eigenvalue weighted by molar-refractivity contribution is 7.99. The molecule has 1 saturated heterocycles. The van der Waals surface area contributed by atoms with Gasteiger partial charge in [-0.3, -0.25) is 44.1 Å². The highest BCUT2D eigenvalue weighted by Gasteiger charge is 2.33. The SMILES string of the molecule is NCCCC[C@H](NC(=O)[C@H](CCCN=C(N)N)NC(=O)[C@H](CCCCN)NC(=O)CNC(=O)[C@@H]1CS[C@@H](c2cc(C(=O)NC[C@@H](N)C(N)=O)ccn2)N1)C(=O)O. The fraction of sp³-hybridized carbons (Fsp3) is 0.606. The summed E-state index contributed by atoms with van der Waals surface area (Å²) in [6.45, 7) is 0.210. The zero-order valence-corrected chi connectivity index (χ0v) is 32.0. The monoisotopic (exact) mass is 808 g/mol. The number of unbranched alkanes of at least 4 members (excludes halogenated alkanes) is 2. The van der Waals surface area contributed by atoms with Gasteiger partial charge in [-0.05, 0) is 76.6 Å². The van der Waals surface area contributed by atoms with E-state index >= 15 is 0 Å². The Labute approximate surface area is 328 Å². The third kappa shape index (κ3) is 17.1. The molecule has 0 aliphatic carbocycles. The Morgan fingerprint density at radius 1 is 0.875 bits per heavy atom. The number of thioether (sulfide) groups is 1. The summed E-state index contributed by atoms with van der Waals surface area (Å²) in [5, 5.41) is 25.1. The van der Waals surface area contributed by atoms with Crippen molar-refractivity contribution in [2.75, 3.05) is 38.5 Å². The summed E-state index contributed by atoms with van der Waals surface area (Å²) in [6, 6.07) is -2.29.